The highest BCUT2D eigenvalue weighted by atomic mass is 32.2. The fourth-order valence-electron chi connectivity index (χ4n) is 6.49. The lowest BCUT2D eigenvalue weighted by Crippen LogP contribution is -2.36. The maximum absolute atomic E-state index is 13.9. The van der Waals surface area contributed by atoms with Crippen LogP contribution in [0.3, 0.4) is 0 Å². The second-order valence-electron chi connectivity index (χ2n) is 13.8. The molecule has 6 aromatic rings. The lowest BCUT2D eigenvalue weighted by atomic mass is 10.3. The predicted molar refractivity (Wildman–Crippen MR) is 232 cm³/mol. The Bertz CT molecular complexity index is 2660. The third-order valence-corrected chi connectivity index (χ3v) is 12.1. The summed E-state index contributed by atoms with van der Waals surface area (Å²) in [5, 5.41) is -0.531. The van der Waals surface area contributed by atoms with Crippen LogP contribution in [0.5, 0.6) is 34.5 Å². The number of hydrogen-bond donors (Lipinski definition) is 0. The minimum Gasteiger partial charge on any atom is -0.493 e. The molecule has 6 rings (SSSR count). The normalized spacial score (nSPS) is 12.2. The number of benzene rings is 2. The maximum Gasteiger partial charge on any atom is 0.508 e. The van der Waals surface area contributed by atoms with Crippen LogP contribution in [0.15, 0.2) is 71.2 Å². The van der Waals surface area contributed by atoms with Crippen LogP contribution >= 0.6 is 0 Å². The van der Waals surface area contributed by atoms with Crippen LogP contribution in [-0.4, -0.2) is 148 Å². The van der Waals surface area contributed by atoms with Crippen molar-refractivity contribution in [2.24, 2.45) is 0 Å². The van der Waals surface area contributed by atoms with Gasteiger partial charge in [-0.05, 0) is 24.3 Å². The number of alkyl halides is 4. The summed E-state index contributed by atoms with van der Waals surface area (Å²) < 4.78 is 123. The predicted octanol–water partition coefficient (Wildman–Crippen LogP) is 5.68. The Hall–Kier alpha value is -7.29. The Morgan fingerprint density at radius 2 is 1.01 bits per heavy atom. The highest BCUT2D eigenvalue weighted by molar-refractivity contribution is 7.84. The Morgan fingerprint density at radius 3 is 1.37 bits per heavy atom. The summed E-state index contributed by atoms with van der Waals surface area (Å²) >= 11 is 0. The zero-order valence-corrected chi connectivity index (χ0v) is 38.5. The number of methoxy groups -OCH3 is 4. The highest BCUT2D eigenvalue weighted by Gasteiger charge is 2.29. The van der Waals surface area contributed by atoms with E-state index in [1.807, 2.05) is 0 Å². The number of carbonyl (C=O) groups is 3. The molecule has 4 aromatic heterocycles. The van der Waals surface area contributed by atoms with Crippen molar-refractivity contribution >= 4 is 61.9 Å². The first-order chi connectivity index (χ1) is 32.6. The molecule has 2 atom stereocenters. The Morgan fingerprint density at radius 1 is 0.618 bits per heavy atom. The molecule has 0 fully saturated rings. The summed E-state index contributed by atoms with van der Waals surface area (Å²) in [6.07, 6.45) is 1.65. The van der Waals surface area contributed by atoms with Gasteiger partial charge in [-0.15, -0.1) is 0 Å². The van der Waals surface area contributed by atoms with E-state index in [1.54, 1.807) is 0 Å². The first kappa shape index (κ1) is 50.1. The lowest BCUT2D eigenvalue weighted by molar-refractivity contribution is -0.0504. The molecule has 2 aromatic carbocycles. The number of rotatable bonds is 20. The van der Waals surface area contributed by atoms with Gasteiger partial charge in [0.2, 0.25) is 10.3 Å². The number of imidazole rings is 2. The van der Waals surface area contributed by atoms with E-state index >= 15 is 0 Å². The van der Waals surface area contributed by atoms with E-state index in [2.05, 4.69) is 29.4 Å². The molecule has 0 bridgehead atoms. The average molecular weight is 995 g/mol. The van der Waals surface area contributed by atoms with Crippen molar-refractivity contribution < 1.29 is 78.3 Å². The summed E-state index contributed by atoms with van der Waals surface area (Å²) in [5.74, 6) is -0.113. The number of ether oxygens (including phenoxy) is 8. The number of pyridine rings is 2. The van der Waals surface area contributed by atoms with Gasteiger partial charge in [0, 0.05) is 50.8 Å². The first-order valence-corrected chi connectivity index (χ1v) is 22.4. The molecule has 0 aliphatic heterocycles. The number of carbonyl (C=O) groups excluding carboxylic acids is 3. The van der Waals surface area contributed by atoms with E-state index < -0.39 is 66.3 Å². The van der Waals surface area contributed by atoms with Crippen LogP contribution in [0.25, 0.3) is 22.1 Å². The van der Waals surface area contributed by atoms with Gasteiger partial charge in [-0.2, -0.15) is 17.6 Å². The van der Waals surface area contributed by atoms with Crippen LogP contribution in [0.4, 0.5) is 31.9 Å². The molecule has 27 heteroatoms. The Balaban J connectivity index is 1.11. The summed E-state index contributed by atoms with van der Waals surface area (Å²) in [5.41, 5.74) is 0.628. The summed E-state index contributed by atoms with van der Waals surface area (Å²) in [7, 11) is 4.07. The van der Waals surface area contributed by atoms with Crippen LogP contribution in [0, 0.1) is 0 Å². The van der Waals surface area contributed by atoms with E-state index in [1.165, 1.54) is 91.3 Å². The molecule has 2 amide bonds. The quantitative estimate of drug-likeness (QED) is 0.0662. The van der Waals surface area contributed by atoms with Gasteiger partial charge in [0.15, 0.2) is 23.0 Å². The average Bonchev–Trinajstić information content (AvgIpc) is 3.89. The third-order valence-electron chi connectivity index (χ3n) is 9.64. The number of halogens is 4. The molecular formula is C41H42F4N8O13S2. The molecule has 2 unspecified atom stereocenters. The second kappa shape index (κ2) is 22.5. The van der Waals surface area contributed by atoms with E-state index in [-0.39, 0.29) is 91.4 Å². The Kier molecular flexibility index (Phi) is 16.6. The molecule has 0 saturated carbocycles. The minimum absolute atomic E-state index is 0.00704. The molecule has 68 heavy (non-hydrogen) atoms. The number of amides is 2. The number of aromatic nitrogens is 6. The topological polar surface area (TPSA) is 227 Å². The smallest absolute Gasteiger partial charge is 0.493 e. The standard InChI is InChI=1S/C41H42F4N8O13S2/c1-50(39(54)52-29-9-7-23(65-35(42)43)19-25(29)48-37(52)67(57)21-27-33(61-5)31(59-3)11-13-46-27)15-17-63-41(56)64-18-16-51(2)40(55)53-30-10-8-24(66-36(44)45)20-26(30)49-38(53)68(58)22-28-34(62-6)32(60-4)12-14-47-28/h7-14,19-20,35-36H,15-18,21-22H2,1-6H3. The number of fused-ring (bicyclic) bond motifs is 2. The van der Waals surface area contributed by atoms with Gasteiger partial charge in [-0.1, -0.05) is 0 Å². The van der Waals surface area contributed by atoms with E-state index in [9.17, 15) is 40.4 Å². The van der Waals surface area contributed by atoms with Crippen LogP contribution in [0.2, 0.25) is 0 Å². The summed E-state index contributed by atoms with van der Waals surface area (Å²) in [4.78, 5) is 59.9. The van der Waals surface area contributed by atoms with Crippen molar-refractivity contribution in [3.05, 3.63) is 72.3 Å². The molecule has 0 saturated heterocycles. The van der Waals surface area contributed by atoms with Crippen LogP contribution < -0.4 is 28.4 Å². The molecular weight excluding hydrogens is 953 g/mol. The van der Waals surface area contributed by atoms with E-state index in [4.69, 9.17) is 28.4 Å². The molecule has 21 nitrogen and oxygen atoms in total. The van der Waals surface area contributed by atoms with Gasteiger partial charge in [0.25, 0.3) is 0 Å². The maximum atomic E-state index is 13.9. The molecule has 0 aliphatic rings. The van der Waals surface area contributed by atoms with Crippen molar-refractivity contribution in [2.45, 2.75) is 35.0 Å². The number of nitrogens with zero attached hydrogens (tertiary/aromatic N) is 8. The van der Waals surface area contributed by atoms with Gasteiger partial charge in [-0.25, -0.2) is 33.5 Å². The SMILES string of the molecule is COc1ccnc(CS(=O)c2nc3cc(OC(F)F)ccc3n2C(=O)N(C)CCOC(=O)OCCN(C)C(=O)n2c(S(=O)Cc3nccc(OC)c3OC)nc3cc(OC(F)F)ccc32)c1OC. The first-order valence-electron chi connectivity index (χ1n) is 19.7. The van der Waals surface area contributed by atoms with Gasteiger partial charge < -0.3 is 47.7 Å². The molecule has 364 valence electrons. The highest BCUT2D eigenvalue weighted by Crippen LogP contribution is 2.34. The Labute approximate surface area is 388 Å². The monoisotopic (exact) mass is 994 g/mol. The number of likely N-dealkylation sites (N-methyl/N-ethyl adjacent to an activating group) is 2. The van der Waals surface area contributed by atoms with Crippen molar-refractivity contribution in [1.29, 1.82) is 0 Å². The van der Waals surface area contributed by atoms with Gasteiger partial charge >= 0.3 is 31.4 Å². The molecule has 0 radical (unpaired) electrons. The van der Waals surface area contributed by atoms with Gasteiger partial charge in [-0.3, -0.25) is 18.4 Å². The molecule has 0 spiro atoms. The number of hydrogen-bond acceptors (Lipinski definition) is 17. The lowest BCUT2D eigenvalue weighted by Gasteiger charge is -2.20. The second-order valence-corrected chi connectivity index (χ2v) is 16.5. The van der Waals surface area contributed by atoms with E-state index in [0.717, 1.165) is 31.1 Å². The van der Waals surface area contributed by atoms with Gasteiger partial charge in [0.05, 0.1) is 108 Å². The third kappa shape index (κ3) is 11.4. The largest absolute Gasteiger partial charge is 0.508 e. The summed E-state index contributed by atoms with van der Waals surface area (Å²) in [6.45, 7) is -7.57. The zero-order chi connectivity index (χ0) is 49.2. The van der Waals surface area contributed by atoms with Crippen molar-refractivity contribution in [3.63, 3.8) is 0 Å². The molecule has 0 aliphatic carbocycles. The molecule has 4 heterocycles. The fraction of sp³-hybridized carbons (Fsp3) is 0.341. The molecule has 0 N–H and O–H groups in total. The minimum atomic E-state index is -3.15. The van der Waals surface area contributed by atoms with Crippen molar-refractivity contribution in [3.8, 4) is 34.5 Å². The fourth-order valence-corrected chi connectivity index (χ4v) is 8.82. The van der Waals surface area contributed by atoms with Crippen molar-refractivity contribution in [1.82, 2.24) is 38.9 Å². The summed E-state index contributed by atoms with van der Waals surface area (Å²) in [6, 6.07) is 8.75. The van der Waals surface area contributed by atoms with Crippen LogP contribution in [-0.2, 0) is 42.6 Å². The zero-order valence-electron chi connectivity index (χ0n) is 36.9. The van der Waals surface area contributed by atoms with E-state index in [0.29, 0.717) is 11.5 Å². The van der Waals surface area contributed by atoms with Crippen LogP contribution in [0.1, 0.15) is 11.4 Å². The van der Waals surface area contributed by atoms with Crippen molar-refractivity contribution in [2.75, 3.05) is 68.8 Å². The van der Waals surface area contributed by atoms with Gasteiger partial charge in [0.1, 0.15) is 24.7 Å².